The van der Waals surface area contributed by atoms with E-state index in [1.807, 2.05) is 121 Å². The van der Waals surface area contributed by atoms with E-state index in [-0.39, 0.29) is 0 Å². The lowest BCUT2D eigenvalue weighted by Crippen LogP contribution is -2.06. The molecule has 5 heterocycles. The number of benzene rings is 4. The van der Waals surface area contributed by atoms with Crippen molar-refractivity contribution in [1.82, 2.24) is 0 Å². The van der Waals surface area contributed by atoms with Gasteiger partial charge in [0.2, 0.25) is 0 Å². The molecule has 5 aliphatic heterocycles. The molecule has 8 nitrogen and oxygen atoms in total. The zero-order chi connectivity index (χ0) is 41.7. The topological polar surface area (TPSA) is 86.4 Å². The van der Waals surface area contributed by atoms with Crippen LogP contribution >= 0.6 is 63.7 Å². The Bertz CT molecular complexity index is 2670. The van der Waals surface area contributed by atoms with Crippen LogP contribution in [0.1, 0.15) is 22.3 Å². The van der Waals surface area contributed by atoms with Crippen LogP contribution in [0.5, 0.6) is 23.0 Å². The van der Waals surface area contributed by atoms with Gasteiger partial charge in [-0.3, -0.25) is 0 Å². The largest absolute Gasteiger partial charge is 0.496 e. The van der Waals surface area contributed by atoms with Crippen LogP contribution < -0.4 is 18.9 Å². The van der Waals surface area contributed by atoms with E-state index < -0.39 is 0 Å². The Morgan fingerprint density at radius 1 is 0.317 bits per heavy atom. The maximum Gasteiger partial charge on any atom is 0.130 e. The monoisotopic (exact) mass is 1040 g/mol. The number of hydrogen-bond acceptors (Lipinski definition) is 8. The number of aliphatic imine (C=N–C) groups is 4. The van der Waals surface area contributed by atoms with E-state index in [1.165, 1.54) is 0 Å². The number of hydrogen-bond donors (Lipinski definition) is 0. The second-order valence-electron chi connectivity index (χ2n) is 13.6. The fourth-order valence-corrected chi connectivity index (χ4v) is 10.6. The number of methoxy groups -OCH3 is 4. The van der Waals surface area contributed by atoms with Crippen LogP contribution in [-0.4, -0.2) is 51.3 Å². The Hall–Kier alpha value is -5.40. The molecule has 0 fully saturated rings. The number of nitrogens with zero attached hydrogens (tertiary/aromatic N) is 4. The SMILES string of the molecule is COc1cccc(OC)c1C1=C2C=CC(=N2)C(c2c(Br)cccc2Br)=C2C=CC(=N2)C(c2c(OC)cccc2OC)=C2C=CC(=N2)C(c2c(Br)cccc2Br)=C2C=CC1=N2. The Morgan fingerprint density at radius 2 is 0.550 bits per heavy atom. The molecule has 296 valence electrons. The van der Waals surface area contributed by atoms with E-state index in [9.17, 15) is 0 Å². The zero-order valence-electron chi connectivity index (χ0n) is 32.5. The third kappa shape index (κ3) is 6.89. The highest BCUT2D eigenvalue weighted by molar-refractivity contribution is 9.11. The summed E-state index contributed by atoms with van der Waals surface area (Å²) in [6.45, 7) is 0. The quantitative estimate of drug-likeness (QED) is 0.176. The summed E-state index contributed by atoms with van der Waals surface area (Å²) in [4.78, 5) is 21.7. The third-order valence-electron chi connectivity index (χ3n) is 10.4. The van der Waals surface area contributed by atoms with Gasteiger partial charge < -0.3 is 18.9 Å². The van der Waals surface area contributed by atoms with Crippen molar-refractivity contribution in [2.75, 3.05) is 28.4 Å². The summed E-state index contributed by atoms with van der Waals surface area (Å²) in [5.41, 5.74) is 11.7. The molecule has 0 aromatic heterocycles. The van der Waals surface area contributed by atoms with Crippen LogP contribution in [0.4, 0.5) is 0 Å². The van der Waals surface area contributed by atoms with Gasteiger partial charge in [0.15, 0.2) is 0 Å². The summed E-state index contributed by atoms with van der Waals surface area (Å²) in [6, 6.07) is 23.5. The average molecular weight is 1050 g/mol. The van der Waals surface area contributed by atoms with Gasteiger partial charge in [0.25, 0.3) is 0 Å². The molecule has 9 rings (SSSR count). The second kappa shape index (κ2) is 16.6. The standard InChI is InChI=1S/C48H32Br4N4O4/c1-57-37-13-7-14-38(58-2)47(37)45-33-21-17-29(53-33)43(41-25(49)9-5-10-26(41)50)31-19-23-35(55-31)46(48-39(59-3)15-8-16-40(48)60-4)36-24-20-32(56-36)44(30-18-22-34(45)54-30)42-27(51)11-6-12-28(42)52/h5-24H,1-4H3. The van der Waals surface area contributed by atoms with Crippen LogP contribution in [0.15, 0.2) is 182 Å². The second-order valence-corrected chi connectivity index (χ2v) is 17.0. The first kappa shape index (κ1) is 40.0. The van der Waals surface area contributed by atoms with Crippen molar-refractivity contribution in [3.05, 3.63) is 184 Å². The summed E-state index contributed by atoms with van der Waals surface area (Å²) < 4.78 is 27.5. The molecule has 0 spiro atoms. The molecule has 0 radical (unpaired) electrons. The van der Waals surface area contributed by atoms with Crippen LogP contribution in [0, 0.1) is 0 Å². The van der Waals surface area contributed by atoms with Crippen molar-refractivity contribution in [3.8, 4) is 23.0 Å². The molecule has 0 N–H and O–H groups in total. The normalized spacial score (nSPS) is 16.5. The lowest BCUT2D eigenvalue weighted by Gasteiger charge is -2.18. The molecule has 0 aliphatic carbocycles. The lowest BCUT2D eigenvalue weighted by molar-refractivity contribution is 0.392. The van der Waals surface area contributed by atoms with E-state index in [1.54, 1.807) is 28.4 Å². The number of rotatable bonds is 8. The molecule has 8 bridgehead atoms. The number of fused-ring (bicyclic) bond motifs is 4. The molecule has 0 unspecified atom stereocenters. The molecule has 4 aromatic carbocycles. The van der Waals surface area contributed by atoms with E-state index in [0.29, 0.717) is 68.6 Å². The van der Waals surface area contributed by atoms with Crippen LogP contribution in [0.25, 0.3) is 22.3 Å². The van der Waals surface area contributed by atoms with Crippen molar-refractivity contribution < 1.29 is 18.9 Å². The number of halogens is 4. The van der Waals surface area contributed by atoms with E-state index >= 15 is 0 Å². The average Bonchev–Trinajstić information content (AvgIpc) is 4.10. The molecule has 5 aliphatic rings. The third-order valence-corrected chi connectivity index (χ3v) is 13.0. The number of allylic oxidation sites excluding steroid dienone is 12. The highest BCUT2D eigenvalue weighted by Crippen LogP contribution is 2.46. The van der Waals surface area contributed by atoms with Crippen molar-refractivity contribution in [2.24, 2.45) is 20.0 Å². The Morgan fingerprint density at radius 3 is 0.800 bits per heavy atom. The first-order valence-electron chi connectivity index (χ1n) is 18.6. The van der Waals surface area contributed by atoms with Crippen LogP contribution in [0.2, 0.25) is 0 Å². The molecular formula is C48H32Br4N4O4. The maximum absolute atomic E-state index is 6.01. The van der Waals surface area contributed by atoms with Crippen LogP contribution in [-0.2, 0) is 0 Å². The smallest absolute Gasteiger partial charge is 0.130 e. The van der Waals surface area contributed by atoms with Gasteiger partial charge in [-0.15, -0.1) is 0 Å². The van der Waals surface area contributed by atoms with Crippen molar-refractivity contribution in [1.29, 1.82) is 0 Å². The summed E-state index contributed by atoms with van der Waals surface area (Å²) >= 11 is 15.5. The maximum atomic E-state index is 6.01. The van der Waals surface area contributed by atoms with Gasteiger partial charge in [-0.25, -0.2) is 20.0 Å². The minimum atomic E-state index is 0.614. The van der Waals surface area contributed by atoms with Crippen molar-refractivity contribution in [3.63, 3.8) is 0 Å². The molecule has 0 atom stereocenters. The molecular weight excluding hydrogens is 1020 g/mol. The molecule has 4 aromatic rings. The summed E-state index contributed by atoms with van der Waals surface area (Å²) in [6.07, 6.45) is 16.1. The van der Waals surface area contributed by atoms with Gasteiger partial charge in [-0.2, -0.15) is 0 Å². The minimum Gasteiger partial charge on any atom is -0.496 e. The predicted octanol–water partition coefficient (Wildman–Crippen LogP) is 12.8. The van der Waals surface area contributed by atoms with E-state index in [2.05, 4.69) is 63.7 Å². The zero-order valence-corrected chi connectivity index (χ0v) is 38.8. The fourth-order valence-electron chi connectivity index (χ4n) is 7.78. The van der Waals surface area contributed by atoms with Crippen molar-refractivity contribution in [2.45, 2.75) is 0 Å². The highest BCUT2D eigenvalue weighted by atomic mass is 79.9. The molecule has 12 heteroatoms. The molecule has 0 saturated carbocycles. The lowest BCUT2D eigenvalue weighted by atomic mass is 9.96. The minimum absolute atomic E-state index is 0.614. The highest BCUT2D eigenvalue weighted by Gasteiger charge is 2.32. The fraction of sp³-hybridized carbons (Fsp3) is 0.0833. The van der Waals surface area contributed by atoms with Crippen LogP contribution in [0.3, 0.4) is 0 Å². The Kier molecular flexibility index (Phi) is 11.1. The number of ether oxygens (including phenoxy) is 4. The molecule has 0 amide bonds. The van der Waals surface area contributed by atoms with Crippen molar-refractivity contribution >= 4 is 109 Å². The summed E-state index contributed by atoms with van der Waals surface area (Å²) in [5, 5.41) is 0. The Balaban J connectivity index is 1.45. The van der Waals surface area contributed by atoms with Gasteiger partial charge in [-0.05, 0) is 97.1 Å². The van der Waals surface area contributed by atoms with E-state index in [4.69, 9.17) is 38.9 Å². The predicted molar refractivity (Wildman–Crippen MR) is 257 cm³/mol. The first-order chi connectivity index (χ1) is 29.2. The summed E-state index contributed by atoms with van der Waals surface area (Å²) in [5.74, 6) is 2.46. The van der Waals surface area contributed by atoms with Gasteiger partial charge in [-0.1, -0.05) is 88.0 Å². The van der Waals surface area contributed by atoms with Gasteiger partial charge >= 0.3 is 0 Å². The van der Waals surface area contributed by atoms with Gasteiger partial charge in [0.1, 0.15) is 23.0 Å². The summed E-state index contributed by atoms with van der Waals surface area (Å²) in [7, 11) is 6.60. The Labute approximate surface area is 380 Å². The molecule has 0 saturated heterocycles. The van der Waals surface area contributed by atoms with E-state index in [0.717, 1.165) is 62.4 Å². The first-order valence-corrected chi connectivity index (χ1v) is 21.8. The van der Waals surface area contributed by atoms with Gasteiger partial charge in [0.05, 0.1) is 85.2 Å². The molecule has 60 heavy (non-hydrogen) atoms. The van der Waals surface area contributed by atoms with Gasteiger partial charge in [0, 0.05) is 51.3 Å².